The molecule has 2 aliphatic heterocycles. The summed E-state index contributed by atoms with van der Waals surface area (Å²) in [7, 11) is 0. The minimum Gasteiger partial charge on any atom is -0.299 e. The van der Waals surface area contributed by atoms with Crippen LogP contribution in [0.3, 0.4) is 0 Å². The van der Waals surface area contributed by atoms with E-state index in [0.29, 0.717) is 54.8 Å². The van der Waals surface area contributed by atoms with Crippen LogP contribution in [-0.4, -0.2) is 84.7 Å². The summed E-state index contributed by atoms with van der Waals surface area (Å²) in [6.45, 7) is 7.91. The van der Waals surface area contributed by atoms with Crippen LogP contribution in [0.5, 0.6) is 0 Å². The van der Waals surface area contributed by atoms with Crippen molar-refractivity contribution in [3.63, 3.8) is 0 Å². The maximum Gasteiger partial charge on any atom is 0.251 e. The zero-order valence-corrected chi connectivity index (χ0v) is 21.5. The Hall–Kier alpha value is -2.13. The van der Waals surface area contributed by atoms with Crippen LogP contribution in [0.15, 0.2) is 23.2 Å². The van der Waals surface area contributed by atoms with Gasteiger partial charge in [-0.2, -0.15) is 0 Å². The van der Waals surface area contributed by atoms with E-state index in [1.165, 1.54) is 17.2 Å². The van der Waals surface area contributed by atoms with Crippen LogP contribution in [0.4, 0.5) is 5.69 Å². The number of carbonyl (C=O) groups excluding carboxylic acids is 4. The monoisotopic (exact) mass is 520 g/mol. The average Bonchev–Trinajstić information content (AvgIpc) is 3.08. The molecular weight excluding hydrogens is 491 g/mol. The van der Waals surface area contributed by atoms with Crippen LogP contribution >= 0.6 is 23.2 Å². The van der Waals surface area contributed by atoms with E-state index < -0.39 is 12.0 Å². The predicted molar refractivity (Wildman–Crippen MR) is 135 cm³/mol. The van der Waals surface area contributed by atoms with Gasteiger partial charge in [0, 0.05) is 51.8 Å². The first-order valence-electron chi connectivity index (χ1n) is 11.9. The summed E-state index contributed by atoms with van der Waals surface area (Å²) < 4.78 is 0. The van der Waals surface area contributed by atoms with E-state index in [4.69, 9.17) is 23.2 Å². The molecule has 1 aromatic rings. The lowest BCUT2D eigenvalue weighted by atomic mass is 9.72. The molecule has 1 aromatic carbocycles. The standard InChI is InChI=1S/C25H30Cl2N4O4/c1-25(2)13-21(32)17(22(33)14-25)15-28-5-6-29-7-9-30(10-8-29)20-12-23(34)31(24(20)35)16-3-4-18(26)19(27)11-16/h3-4,11,15,17,20H,5-10,12-14H2,1-2H3/t20-/m1/s1. The average molecular weight is 521 g/mol. The van der Waals surface area contributed by atoms with E-state index >= 15 is 0 Å². The summed E-state index contributed by atoms with van der Waals surface area (Å²) in [5, 5.41) is 0.665. The summed E-state index contributed by atoms with van der Waals surface area (Å²) in [5.74, 6) is -1.28. The van der Waals surface area contributed by atoms with Gasteiger partial charge in [0.1, 0.15) is 17.5 Å². The van der Waals surface area contributed by atoms with Crippen LogP contribution in [0.25, 0.3) is 0 Å². The largest absolute Gasteiger partial charge is 0.299 e. The van der Waals surface area contributed by atoms with Crippen LogP contribution in [-0.2, 0) is 19.2 Å². The molecule has 3 fully saturated rings. The van der Waals surface area contributed by atoms with Crippen molar-refractivity contribution >= 4 is 58.5 Å². The van der Waals surface area contributed by atoms with Gasteiger partial charge in [0.25, 0.3) is 5.91 Å². The molecule has 1 aliphatic carbocycles. The third-order valence-corrected chi connectivity index (χ3v) is 7.67. The van der Waals surface area contributed by atoms with E-state index in [9.17, 15) is 19.2 Å². The predicted octanol–water partition coefficient (Wildman–Crippen LogP) is 2.89. The van der Waals surface area contributed by atoms with Gasteiger partial charge in [-0.3, -0.25) is 34.0 Å². The van der Waals surface area contributed by atoms with Crippen molar-refractivity contribution in [2.75, 3.05) is 44.2 Å². The number of amides is 2. The van der Waals surface area contributed by atoms with Crippen LogP contribution in [0.2, 0.25) is 10.0 Å². The fraction of sp³-hybridized carbons (Fsp3) is 0.560. The molecule has 0 N–H and O–H groups in total. The van der Waals surface area contributed by atoms with Crippen molar-refractivity contribution < 1.29 is 19.2 Å². The second-order valence-corrected chi connectivity index (χ2v) is 11.1. The summed E-state index contributed by atoms with van der Waals surface area (Å²) in [4.78, 5) is 60.1. The number of carbonyl (C=O) groups is 4. The third-order valence-electron chi connectivity index (χ3n) is 6.93. The maximum atomic E-state index is 13.0. The third kappa shape index (κ3) is 5.82. The van der Waals surface area contributed by atoms with Gasteiger partial charge in [0.05, 0.1) is 34.7 Å². The number of aliphatic imine (C=N–C) groups is 1. The van der Waals surface area contributed by atoms with Crippen LogP contribution < -0.4 is 4.90 Å². The number of hydrogen-bond donors (Lipinski definition) is 0. The van der Waals surface area contributed by atoms with Crippen molar-refractivity contribution in [1.29, 1.82) is 0 Å². The smallest absolute Gasteiger partial charge is 0.251 e. The fourth-order valence-corrected chi connectivity index (χ4v) is 5.34. The lowest BCUT2D eigenvalue weighted by molar-refractivity contribution is -0.136. The van der Waals surface area contributed by atoms with Gasteiger partial charge in [0.2, 0.25) is 5.91 Å². The Kier molecular flexibility index (Phi) is 7.76. The number of imide groups is 1. The molecule has 1 atom stereocenters. The van der Waals surface area contributed by atoms with Gasteiger partial charge in [-0.25, -0.2) is 4.90 Å². The zero-order chi connectivity index (χ0) is 25.3. The minimum absolute atomic E-state index is 0.0469. The minimum atomic E-state index is -0.704. The first-order chi connectivity index (χ1) is 16.6. The molecular formula is C25H30Cl2N4O4. The second kappa shape index (κ2) is 10.5. The van der Waals surface area contributed by atoms with Gasteiger partial charge >= 0.3 is 0 Å². The molecule has 0 aromatic heterocycles. The van der Waals surface area contributed by atoms with Crippen molar-refractivity contribution in [1.82, 2.24) is 9.80 Å². The lowest BCUT2D eigenvalue weighted by Crippen LogP contribution is -2.52. The normalized spacial score (nSPS) is 24.8. The topological polar surface area (TPSA) is 90.4 Å². The number of nitrogens with zero attached hydrogens (tertiary/aromatic N) is 4. The highest BCUT2D eigenvalue weighted by Gasteiger charge is 2.43. The van der Waals surface area contributed by atoms with Crippen LogP contribution in [0, 0.1) is 11.3 Å². The quantitative estimate of drug-likeness (QED) is 0.325. The lowest BCUT2D eigenvalue weighted by Gasteiger charge is -2.36. The first kappa shape index (κ1) is 25.9. The molecule has 0 bridgehead atoms. The second-order valence-electron chi connectivity index (χ2n) is 10.2. The van der Waals surface area contributed by atoms with E-state index in [1.807, 2.05) is 13.8 Å². The molecule has 0 unspecified atom stereocenters. The molecule has 0 spiro atoms. The first-order valence-corrected chi connectivity index (χ1v) is 12.6. The Balaban J connectivity index is 1.25. The molecule has 10 heteroatoms. The molecule has 35 heavy (non-hydrogen) atoms. The van der Waals surface area contributed by atoms with Gasteiger partial charge in [0.15, 0.2) is 0 Å². The van der Waals surface area contributed by atoms with Gasteiger partial charge < -0.3 is 0 Å². The van der Waals surface area contributed by atoms with Gasteiger partial charge in [-0.1, -0.05) is 37.0 Å². The molecule has 4 rings (SSSR count). The van der Waals surface area contributed by atoms with Crippen molar-refractivity contribution in [3.05, 3.63) is 28.2 Å². The summed E-state index contributed by atoms with van der Waals surface area (Å²) in [5.41, 5.74) is 0.175. The number of halogens is 2. The number of rotatable bonds is 6. The number of piperazine rings is 1. The molecule has 2 heterocycles. The Morgan fingerprint density at radius 1 is 1.00 bits per heavy atom. The van der Waals surface area contributed by atoms with E-state index in [2.05, 4.69) is 14.8 Å². The van der Waals surface area contributed by atoms with Crippen molar-refractivity contribution in [2.24, 2.45) is 16.3 Å². The molecule has 2 saturated heterocycles. The van der Waals surface area contributed by atoms with Gasteiger partial charge in [-0.15, -0.1) is 0 Å². The summed E-state index contributed by atoms with van der Waals surface area (Å²) in [6, 6.07) is 4.26. The van der Waals surface area contributed by atoms with Crippen molar-refractivity contribution in [3.8, 4) is 0 Å². The molecule has 8 nitrogen and oxygen atoms in total. The summed E-state index contributed by atoms with van der Waals surface area (Å²) >= 11 is 12.0. The molecule has 188 valence electrons. The van der Waals surface area contributed by atoms with E-state index in [0.717, 1.165) is 13.1 Å². The maximum absolute atomic E-state index is 13.0. The number of ketones is 2. The fourth-order valence-electron chi connectivity index (χ4n) is 5.05. The van der Waals surface area contributed by atoms with E-state index in [1.54, 1.807) is 12.1 Å². The molecule has 3 aliphatic rings. The molecule has 0 radical (unpaired) electrons. The number of anilines is 1. The Morgan fingerprint density at radius 3 is 2.29 bits per heavy atom. The van der Waals surface area contributed by atoms with Gasteiger partial charge in [-0.05, 0) is 23.6 Å². The number of hydrogen-bond acceptors (Lipinski definition) is 7. The highest BCUT2D eigenvalue weighted by Crippen LogP contribution is 2.33. The molecule has 2 amide bonds. The highest BCUT2D eigenvalue weighted by atomic mass is 35.5. The zero-order valence-electron chi connectivity index (χ0n) is 20.0. The Labute approximate surface area is 215 Å². The highest BCUT2D eigenvalue weighted by molar-refractivity contribution is 6.42. The SMILES string of the molecule is CC1(C)CC(=O)C(C=NCCN2CCN([C@@H]3CC(=O)N(c4ccc(Cl)c(Cl)c4)C3=O)CC2)C(=O)C1. The van der Waals surface area contributed by atoms with E-state index in [-0.39, 0.29) is 35.2 Å². The van der Waals surface area contributed by atoms with Crippen LogP contribution in [0.1, 0.15) is 33.1 Å². The Morgan fingerprint density at radius 2 is 1.66 bits per heavy atom. The Bertz CT molecular complexity index is 1050. The van der Waals surface area contributed by atoms with Crippen molar-refractivity contribution in [2.45, 2.75) is 39.2 Å². The summed E-state index contributed by atoms with van der Waals surface area (Å²) in [6.07, 6.45) is 2.48. The number of benzene rings is 1. The molecule has 1 saturated carbocycles. The number of Topliss-reactive ketones (excluding diaryl/α,β-unsaturated/α-hetero) is 2.